The summed E-state index contributed by atoms with van der Waals surface area (Å²) in [6.45, 7) is 4.02. The van der Waals surface area contributed by atoms with Gasteiger partial charge < -0.3 is 5.11 Å². The first-order valence-electron chi connectivity index (χ1n) is 5.24. The maximum absolute atomic E-state index is 11.9. The number of rotatable bonds is 4. The van der Waals surface area contributed by atoms with Crippen LogP contribution in [0.1, 0.15) is 39.5 Å². The zero-order chi connectivity index (χ0) is 10.6. The fourth-order valence-corrected chi connectivity index (χ4v) is 2.76. The molecule has 0 aromatic heterocycles. The van der Waals surface area contributed by atoms with Crippen LogP contribution in [0.2, 0.25) is 0 Å². The van der Waals surface area contributed by atoms with Crippen LogP contribution in [0.5, 0.6) is 0 Å². The molecule has 1 N–H and O–H groups in total. The molecule has 0 bridgehead atoms. The first kappa shape index (κ1) is 11.8. The van der Waals surface area contributed by atoms with Crippen molar-refractivity contribution in [3.05, 3.63) is 11.6 Å². The molecule has 1 rings (SSSR count). The molecule has 0 saturated heterocycles. The van der Waals surface area contributed by atoms with Crippen molar-refractivity contribution in [1.82, 2.24) is 0 Å². The van der Waals surface area contributed by atoms with Crippen LogP contribution in [-0.2, 0) is 4.79 Å². The number of hydrogen-bond acceptors (Lipinski definition) is 3. The lowest BCUT2D eigenvalue weighted by atomic mass is 9.92. The van der Waals surface area contributed by atoms with Crippen molar-refractivity contribution in [1.29, 1.82) is 0 Å². The van der Waals surface area contributed by atoms with Crippen molar-refractivity contribution < 1.29 is 9.90 Å². The lowest BCUT2D eigenvalue weighted by Gasteiger charge is -2.29. The molecule has 1 aliphatic carbocycles. The van der Waals surface area contributed by atoms with E-state index < -0.39 is 4.93 Å². The summed E-state index contributed by atoms with van der Waals surface area (Å²) in [6.07, 6.45) is 5.13. The number of hydrogen-bond donors (Lipinski definition) is 1. The van der Waals surface area contributed by atoms with Gasteiger partial charge in [-0.05, 0) is 30.6 Å². The summed E-state index contributed by atoms with van der Waals surface area (Å²) in [6, 6.07) is 0. The minimum Gasteiger partial charge on any atom is -0.372 e. The smallest absolute Gasteiger partial charge is 0.200 e. The number of aliphatic hydroxyl groups is 1. The van der Waals surface area contributed by atoms with Crippen LogP contribution in [0.3, 0.4) is 0 Å². The molecular weight excluding hydrogens is 196 g/mol. The predicted molar refractivity (Wildman–Crippen MR) is 60.3 cm³/mol. The topological polar surface area (TPSA) is 37.3 Å². The van der Waals surface area contributed by atoms with E-state index in [0.717, 1.165) is 30.6 Å². The van der Waals surface area contributed by atoms with E-state index in [2.05, 4.69) is 6.92 Å². The van der Waals surface area contributed by atoms with Crippen LogP contribution in [0.25, 0.3) is 0 Å². The van der Waals surface area contributed by atoms with Gasteiger partial charge in [-0.1, -0.05) is 26.3 Å². The lowest BCUT2D eigenvalue weighted by Crippen LogP contribution is -2.38. The Hall–Kier alpha value is -0.280. The first-order valence-corrected chi connectivity index (χ1v) is 6.22. The molecule has 0 spiro atoms. The second kappa shape index (κ2) is 4.99. The van der Waals surface area contributed by atoms with Crippen LogP contribution in [-0.4, -0.2) is 21.6 Å². The normalized spacial score (nSPS) is 27.6. The highest BCUT2D eigenvalue weighted by Crippen LogP contribution is 2.35. The first-order chi connectivity index (χ1) is 6.64. The monoisotopic (exact) mass is 214 g/mol. The SMILES string of the molecule is CCCC1=CCCC(O)(SCC)C1=O. The van der Waals surface area contributed by atoms with Gasteiger partial charge in [-0.25, -0.2) is 0 Å². The predicted octanol–water partition coefficient (Wildman–Crippen LogP) is 2.52. The summed E-state index contributed by atoms with van der Waals surface area (Å²) in [5.74, 6) is 0.721. The molecule has 0 amide bonds. The molecule has 1 atom stereocenters. The fourth-order valence-electron chi connectivity index (χ4n) is 1.76. The van der Waals surface area contributed by atoms with Crippen LogP contribution >= 0.6 is 11.8 Å². The Bertz CT molecular complexity index is 248. The van der Waals surface area contributed by atoms with Gasteiger partial charge in [-0.3, -0.25) is 4.79 Å². The summed E-state index contributed by atoms with van der Waals surface area (Å²) < 4.78 is 0. The van der Waals surface area contributed by atoms with Crippen molar-refractivity contribution in [2.45, 2.75) is 44.5 Å². The van der Waals surface area contributed by atoms with E-state index in [1.165, 1.54) is 11.8 Å². The molecule has 0 radical (unpaired) electrons. The van der Waals surface area contributed by atoms with E-state index in [1.807, 2.05) is 13.0 Å². The highest BCUT2D eigenvalue weighted by atomic mass is 32.2. The van der Waals surface area contributed by atoms with Crippen molar-refractivity contribution >= 4 is 17.5 Å². The summed E-state index contributed by atoms with van der Waals surface area (Å²) in [5, 5.41) is 10.1. The minimum atomic E-state index is -1.13. The number of carbonyl (C=O) groups excluding carboxylic acids is 1. The van der Waals surface area contributed by atoms with E-state index >= 15 is 0 Å². The summed E-state index contributed by atoms with van der Waals surface area (Å²) >= 11 is 1.36. The van der Waals surface area contributed by atoms with Gasteiger partial charge in [0.15, 0.2) is 10.7 Å². The van der Waals surface area contributed by atoms with Gasteiger partial charge in [0.25, 0.3) is 0 Å². The number of ketones is 1. The van der Waals surface area contributed by atoms with E-state index in [1.54, 1.807) is 0 Å². The van der Waals surface area contributed by atoms with Crippen LogP contribution in [0.4, 0.5) is 0 Å². The third kappa shape index (κ3) is 2.39. The summed E-state index contributed by atoms with van der Waals surface area (Å²) in [5.41, 5.74) is 0.821. The van der Waals surface area contributed by atoms with Crippen molar-refractivity contribution in [3.63, 3.8) is 0 Å². The molecule has 0 aromatic rings. The molecular formula is C11H18O2S. The fraction of sp³-hybridized carbons (Fsp3) is 0.727. The summed E-state index contributed by atoms with van der Waals surface area (Å²) in [4.78, 5) is 10.8. The molecule has 3 heteroatoms. The van der Waals surface area contributed by atoms with E-state index in [0.29, 0.717) is 6.42 Å². The molecule has 1 unspecified atom stereocenters. The van der Waals surface area contributed by atoms with Crippen LogP contribution in [0, 0.1) is 0 Å². The van der Waals surface area contributed by atoms with Crippen LogP contribution < -0.4 is 0 Å². The minimum absolute atomic E-state index is 0.0579. The average molecular weight is 214 g/mol. The number of Topliss-reactive ketones (excluding diaryl/α,β-unsaturated/α-hetero) is 1. The average Bonchev–Trinajstić information content (AvgIpc) is 2.14. The Balaban J connectivity index is 2.76. The highest BCUT2D eigenvalue weighted by Gasteiger charge is 2.38. The molecule has 80 valence electrons. The highest BCUT2D eigenvalue weighted by molar-refractivity contribution is 8.01. The van der Waals surface area contributed by atoms with Gasteiger partial charge in [0.1, 0.15) is 0 Å². The van der Waals surface area contributed by atoms with Gasteiger partial charge in [0, 0.05) is 0 Å². The number of thioether (sulfide) groups is 1. The van der Waals surface area contributed by atoms with Crippen molar-refractivity contribution in [2.75, 3.05) is 5.75 Å². The molecule has 2 nitrogen and oxygen atoms in total. The Labute approximate surface area is 89.8 Å². The molecule has 0 saturated carbocycles. The third-order valence-electron chi connectivity index (χ3n) is 2.42. The largest absolute Gasteiger partial charge is 0.372 e. The van der Waals surface area contributed by atoms with E-state index in [9.17, 15) is 9.90 Å². The van der Waals surface area contributed by atoms with Gasteiger partial charge in [-0.2, -0.15) is 0 Å². The summed E-state index contributed by atoms with van der Waals surface area (Å²) in [7, 11) is 0. The van der Waals surface area contributed by atoms with Crippen molar-refractivity contribution in [3.8, 4) is 0 Å². The Kier molecular flexibility index (Phi) is 4.20. The third-order valence-corrected chi connectivity index (χ3v) is 3.58. The molecule has 0 aliphatic heterocycles. The van der Waals surface area contributed by atoms with E-state index in [4.69, 9.17) is 0 Å². The molecule has 14 heavy (non-hydrogen) atoms. The van der Waals surface area contributed by atoms with Gasteiger partial charge >= 0.3 is 0 Å². The maximum Gasteiger partial charge on any atom is 0.200 e. The molecule has 0 aromatic carbocycles. The zero-order valence-corrected chi connectivity index (χ0v) is 9.69. The standard InChI is InChI=1S/C11H18O2S/c1-3-6-9-7-5-8-11(13,10(9)12)14-4-2/h7,13H,3-6,8H2,1-2H3. The van der Waals surface area contributed by atoms with Crippen LogP contribution in [0.15, 0.2) is 11.6 Å². The lowest BCUT2D eigenvalue weighted by molar-refractivity contribution is -0.126. The zero-order valence-electron chi connectivity index (χ0n) is 8.88. The second-order valence-electron chi connectivity index (χ2n) is 3.56. The number of carbonyl (C=O) groups is 1. The Morgan fingerprint density at radius 1 is 1.57 bits per heavy atom. The maximum atomic E-state index is 11.9. The molecule has 0 heterocycles. The Morgan fingerprint density at radius 3 is 2.86 bits per heavy atom. The van der Waals surface area contributed by atoms with Gasteiger partial charge in [0.2, 0.25) is 0 Å². The Morgan fingerprint density at radius 2 is 2.29 bits per heavy atom. The quantitative estimate of drug-likeness (QED) is 0.731. The molecule has 0 fully saturated rings. The van der Waals surface area contributed by atoms with Gasteiger partial charge in [0.05, 0.1) is 0 Å². The number of allylic oxidation sites excluding steroid dienone is 1. The van der Waals surface area contributed by atoms with Gasteiger partial charge in [-0.15, -0.1) is 11.8 Å². The van der Waals surface area contributed by atoms with E-state index in [-0.39, 0.29) is 5.78 Å². The molecule has 1 aliphatic rings. The van der Waals surface area contributed by atoms with Crippen molar-refractivity contribution in [2.24, 2.45) is 0 Å². The second-order valence-corrected chi connectivity index (χ2v) is 5.11.